The SMILES string of the molecule is COc1cc(N=C2NC(=O)/C(=C\c3cccc(OC)c3O)S2)c(C(=O)O)cc1OC. The standard InChI is InChI=1S/C20H18N2O7S/c1-27-13-6-4-5-10(17(13)23)7-16-18(24)22-20(30-16)21-12-9-15(29-3)14(28-2)8-11(12)19(25)26/h4-9,23H,1-3H3,(H,25,26)(H,21,22,24)/b16-7+. The highest BCUT2D eigenvalue weighted by atomic mass is 32.2. The molecule has 0 aromatic heterocycles. The number of ether oxygens (including phenoxy) is 3. The maximum absolute atomic E-state index is 12.3. The minimum atomic E-state index is -1.21. The molecule has 2 aromatic carbocycles. The molecular weight excluding hydrogens is 412 g/mol. The molecule has 156 valence electrons. The Morgan fingerprint density at radius 3 is 2.40 bits per heavy atom. The first-order valence-corrected chi connectivity index (χ1v) is 9.34. The number of phenolic OH excluding ortho intramolecular Hbond substituents is 1. The number of carbonyl (C=O) groups excluding carboxylic acids is 1. The summed E-state index contributed by atoms with van der Waals surface area (Å²) in [6.45, 7) is 0. The third-order valence-electron chi connectivity index (χ3n) is 4.14. The number of amidine groups is 1. The van der Waals surface area contributed by atoms with E-state index in [1.54, 1.807) is 18.2 Å². The maximum atomic E-state index is 12.3. The van der Waals surface area contributed by atoms with Crippen LogP contribution in [0.3, 0.4) is 0 Å². The van der Waals surface area contributed by atoms with E-state index < -0.39 is 11.9 Å². The third-order valence-corrected chi connectivity index (χ3v) is 5.05. The van der Waals surface area contributed by atoms with Crippen molar-refractivity contribution in [2.24, 2.45) is 4.99 Å². The molecule has 2 aromatic rings. The van der Waals surface area contributed by atoms with Gasteiger partial charge in [0, 0.05) is 17.7 Å². The maximum Gasteiger partial charge on any atom is 0.338 e. The van der Waals surface area contributed by atoms with Crippen molar-refractivity contribution >= 4 is 40.6 Å². The van der Waals surface area contributed by atoms with E-state index in [1.807, 2.05) is 0 Å². The van der Waals surface area contributed by atoms with E-state index in [0.29, 0.717) is 11.3 Å². The number of benzene rings is 2. The van der Waals surface area contributed by atoms with Gasteiger partial charge in [-0.25, -0.2) is 9.79 Å². The predicted molar refractivity (Wildman–Crippen MR) is 112 cm³/mol. The average molecular weight is 430 g/mol. The van der Waals surface area contributed by atoms with Gasteiger partial charge in [0.25, 0.3) is 5.91 Å². The lowest BCUT2D eigenvalue weighted by Gasteiger charge is -2.10. The largest absolute Gasteiger partial charge is 0.504 e. The molecule has 0 radical (unpaired) electrons. The number of carbonyl (C=O) groups is 2. The molecule has 9 nitrogen and oxygen atoms in total. The third kappa shape index (κ3) is 4.18. The highest BCUT2D eigenvalue weighted by molar-refractivity contribution is 8.18. The summed E-state index contributed by atoms with van der Waals surface area (Å²) in [6, 6.07) is 7.62. The quantitative estimate of drug-likeness (QED) is 0.597. The smallest absolute Gasteiger partial charge is 0.338 e. The minimum Gasteiger partial charge on any atom is -0.504 e. The van der Waals surface area contributed by atoms with Crippen LogP contribution in [0.5, 0.6) is 23.0 Å². The van der Waals surface area contributed by atoms with Crippen molar-refractivity contribution in [1.82, 2.24) is 5.32 Å². The Kier molecular flexibility index (Phi) is 6.17. The Morgan fingerprint density at radius 2 is 1.77 bits per heavy atom. The number of aromatic carboxylic acids is 1. The van der Waals surface area contributed by atoms with Crippen LogP contribution in [0, 0.1) is 0 Å². The van der Waals surface area contributed by atoms with E-state index in [1.165, 1.54) is 39.5 Å². The van der Waals surface area contributed by atoms with Gasteiger partial charge >= 0.3 is 5.97 Å². The molecule has 0 saturated carbocycles. The summed E-state index contributed by atoms with van der Waals surface area (Å²) >= 11 is 1.01. The summed E-state index contributed by atoms with van der Waals surface area (Å²) in [7, 11) is 4.24. The van der Waals surface area contributed by atoms with Crippen LogP contribution in [-0.2, 0) is 4.79 Å². The van der Waals surface area contributed by atoms with Crippen LogP contribution in [0.4, 0.5) is 5.69 Å². The van der Waals surface area contributed by atoms with Crippen molar-refractivity contribution in [3.05, 3.63) is 46.4 Å². The first-order chi connectivity index (χ1) is 14.4. The number of para-hydroxylation sites is 1. The molecule has 0 unspecified atom stereocenters. The average Bonchev–Trinajstić information content (AvgIpc) is 3.07. The van der Waals surface area contributed by atoms with Gasteiger partial charge in [-0.2, -0.15) is 0 Å². The van der Waals surface area contributed by atoms with Gasteiger partial charge in [0.15, 0.2) is 28.2 Å². The van der Waals surface area contributed by atoms with E-state index in [-0.39, 0.29) is 38.6 Å². The molecule has 0 aliphatic carbocycles. The Labute approximate surface area is 176 Å². The number of carboxylic acid groups (broad SMARTS) is 1. The summed E-state index contributed by atoms with van der Waals surface area (Å²) in [5, 5.41) is 22.5. The van der Waals surface area contributed by atoms with Crippen LogP contribution in [0.1, 0.15) is 15.9 Å². The number of hydrogen-bond acceptors (Lipinski definition) is 8. The molecule has 0 atom stereocenters. The molecule has 1 heterocycles. The summed E-state index contributed by atoms with van der Waals surface area (Å²) in [5.41, 5.74) is 0.372. The van der Waals surface area contributed by atoms with Gasteiger partial charge in [-0.3, -0.25) is 4.79 Å². The van der Waals surface area contributed by atoms with Gasteiger partial charge in [0.1, 0.15) is 0 Å². The van der Waals surface area contributed by atoms with Crippen molar-refractivity contribution in [2.75, 3.05) is 21.3 Å². The van der Waals surface area contributed by atoms with Crippen LogP contribution in [-0.4, -0.2) is 48.6 Å². The number of hydrogen-bond donors (Lipinski definition) is 3. The molecule has 30 heavy (non-hydrogen) atoms. The summed E-state index contributed by atoms with van der Waals surface area (Å²) in [6.07, 6.45) is 1.49. The molecule has 1 aliphatic rings. The lowest BCUT2D eigenvalue weighted by atomic mass is 10.1. The number of phenols is 1. The van der Waals surface area contributed by atoms with Crippen LogP contribution in [0.25, 0.3) is 6.08 Å². The zero-order valence-electron chi connectivity index (χ0n) is 16.3. The second-order valence-corrected chi connectivity index (χ2v) is 6.94. The fraction of sp³-hybridized carbons (Fsp3) is 0.150. The fourth-order valence-corrected chi connectivity index (χ4v) is 3.51. The zero-order chi connectivity index (χ0) is 21.8. The summed E-state index contributed by atoms with van der Waals surface area (Å²) in [5.74, 6) is -0.915. The second kappa shape index (κ2) is 8.78. The molecule has 0 bridgehead atoms. The zero-order valence-corrected chi connectivity index (χ0v) is 17.1. The minimum absolute atomic E-state index is 0.0911. The number of aromatic hydroxyl groups is 1. The lowest BCUT2D eigenvalue weighted by molar-refractivity contribution is -0.115. The van der Waals surface area contributed by atoms with Gasteiger partial charge in [-0.05, 0) is 23.9 Å². The number of carboxylic acids is 1. The number of rotatable bonds is 6. The van der Waals surface area contributed by atoms with Crippen molar-refractivity contribution in [3.63, 3.8) is 0 Å². The Balaban J connectivity index is 1.98. The monoisotopic (exact) mass is 430 g/mol. The number of nitrogens with one attached hydrogen (secondary N) is 1. The first kappa shape index (κ1) is 21.1. The number of methoxy groups -OCH3 is 3. The van der Waals surface area contributed by atoms with E-state index >= 15 is 0 Å². The summed E-state index contributed by atoms with van der Waals surface area (Å²) in [4.78, 5) is 28.5. The van der Waals surface area contributed by atoms with Gasteiger partial charge in [-0.1, -0.05) is 12.1 Å². The van der Waals surface area contributed by atoms with Crippen molar-refractivity contribution in [1.29, 1.82) is 0 Å². The Morgan fingerprint density at radius 1 is 1.10 bits per heavy atom. The normalized spacial score (nSPS) is 15.9. The van der Waals surface area contributed by atoms with E-state index in [2.05, 4.69) is 10.3 Å². The Hall–Kier alpha value is -3.66. The molecule has 1 aliphatic heterocycles. The van der Waals surface area contributed by atoms with Crippen LogP contribution in [0.15, 0.2) is 40.2 Å². The van der Waals surface area contributed by atoms with Crippen LogP contribution in [0.2, 0.25) is 0 Å². The molecule has 0 spiro atoms. The van der Waals surface area contributed by atoms with Gasteiger partial charge in [-0.15, -0.1) is 0 Å². The van der Waals surface area contributed by atoms with Crippen molar-refractivity contribution in [2.45, 2.75) is 0 Å². The number of aliphatic imine (C=N–C) groups is 1. The molecule has 1 fully saturated rings. The van der Waals surface area contributed by atoms with Gasteiger partial charge in [0.05, 0.1) is 37.5 Å². The summed E-state index contributed by atoms with van der Waals surface area (Å²) < 4.78 is 15.4. The van der Waals surface area contributed by atoms with Crippen molar-refractivity contribution in [3.8, 4) is 23.0 Å². The Bertz CT molecular complexity index is 1080. The molecular formula is C20H18N2O7S. The lowest BCUT2D eigenvalue weighted by Crippen LogP contribution is -2.19. The number of thioether (sulfide) groups is 1. The first-order valence-electron chi connectivity index (χ1n) is 8.52. The predicted octanol–water partition coefficient (Wildman–Crippen LogP) is 3.01. The van der Waals surface area contributed by atoms with Gasteiger partial charge in [0.2, 0.25) is 0 Å². The van der Waals surface area contributed by atoms with Crippen molar-refractivity contribution < 1.29 is 34.0 Å². The molecule has 10 heteroatoms. The molecule has 1 amide bonds. The van der Waals surface area contributed by atoms with E-state index in [4.69, 9.17) is 14.2 Å². The fourth-order valence-electron chi connectivity index (χ4n) is 2.68. The highest BCUT2D eigenvalue weighted by Crippen LogP contribution is 2.37. The second-order valence-electron chi connectivity index (χ2n) is 5.91. The topological polar surface area (TPSA) is 127 Å². The number of amides is 1. The van der Waals surface area contributed by atoms with E-state index in [0.717, 1.165) is 11.8 Å². The van der Waals surface area contributed by atoms with Crippen LogP contribution < -0.4 is 19.5 Å². The number of nitrogens with zero attached hydrogens (tertiary/aromatic N) is 1. The molecule has 3 N–H and O–H groups in total. The van der Waals surface area contributed by atoms with E-state index in [9.17, 15) is 19.8 Å². The van der Waals surface area contributed by atoms with Crippen LogP contribution >= 0.6 is 11.8 Å². The van der Waals surface area contributed by atoms with Gasteiger partial charge < -0.3 is 29.7 Å². The molecule has 1 saturated heterocycles. The highest BCUT2D eigenvalue weighted by Gasteiger charge is 2.26. The molecule has 3 rings (SSSR count).